The second-order valence-electron chi connectivity index (χ2n) is 9.43. The Labute approximate surface area is 217 Å². The number of Topliss-reactive ketones (excluding diaryl/α,β-unsaturated/α-hetero) is 2. The number of amides is 1. The quantitative estimate of drug-likeness (QED) is 0.288. The summed E-state index contributed by atoms with van der Waals surface area (Å²) in [6.07, 6.45) is -0.964. The number of nitrogens with one attached hydrogen (secondary N) is 1. The van der Waals surface area contributed by atoms with Crippen LogP contribution in [-0.2, 0) is 11.0 Å². The molecule has 1 aliphatic rings. The summed E-state index contributed by atoms with van der Waals surface area (Å²) in [5, 5.41) is 15.9. The third-order valence-corrected chi connectivity index (χ3v) is 6.85. The summed E-state index contributed by atoms with van der Waals surface area (Å²) in [7, 11) is 0. The van der Waals surface area contributed by atoms with Crippen molar-refractivity contribution in [1.82, 2.24) is 15.1 Å². The molecule has 0 spiro atoms. The number of para-hydroxylation sites is 2. The average Bonchev–Trinajstić information content (AvgIpc) is 3.38. The van der Waals surface area contributed by atoms with E-state index in [-0.39, 0.29) is 54.2 Å². The number of aromatic hydroxyl groups is 1. The molecule has 3 aromatic rings. The molecule has 1 saturated carbocycles. The number of alkyl halides is 3. The van der Waals surface area contributed by atoms with Gasteiger partial charge in [-0.25, -0.2) is 4.68 Å². The molecule has 0 bridgehead atoms. The van der Waals surface area contributed by atoms with Gasteiger partial charge in [-0.15, -0.1) is 0 Å². The van der Waals surface area contributed by atoms with E-state index in [1.54, 1.807) is 12.1 Å². The Bertz CT molecular complexity index is 1300. The molecule has 0 aliphatic heterocycles. The van der Waals surface area contributed by atoms with Crippen LogP contribution in [0.3, 0.4) is 0 Å². The molecule has 2 aromatic carbocycles. The van der Waals surface area contributed by atoms with Gasteiger partial charge in [0.05, 0.1) is 5.56 Å². The van der Waals surface area contributed by atoms with Crippen molar-refractivity contribution >= 4 is 17.5 Å². The molecule has 2 N–H and O–H groups in total. The molecule has 0 unspecified atom stereocenters. The fraction of sp³-hybridized carbons (Fsp3) is 0.357. The lowest BCUT2D eigenvalue weighted by Gasteiger charge is -2.26. The molecular formula is C28H28F3N3O4. The van der Waals surface area contributed by atoms with Gasteiger partial charge in [0.15, 0.2) is 11.5 Å². The van der Waals surface area contributed by atoms with Crippen LogP contribution in [0.4, 0.5) is 13.2 Å². The molecule has 0 radical (unpaired) electrons. The largest absolute Gasteiger partial charge is 0.506 e. The van der Waals surface area contributed by atoms with E-state index in [0.29, 0.717) is 31.2 Å². The number of aromatic nitrogens is 2. The second-order valence-corrected chi connectivity index (χ2v) is 9.43. The molecule has 1 heterocycles. The van der Waals surface area contributed by atoms with Crippen molar-refractivity contribution in [2.45, 2.75) is 44.7 Å². The number of hydrogen-bond donors (Lipinski definition) is 2. The highest BCUT2D eigenvalue weighted by molar-refractivity contribution is 5.98. The minimum Gasteiger partial charge on any atom is -0.506 e. The fourth-order valence-electron chi connectivity index (χ4n) is 4.81. The van der Waals surface area contributed by atoms with E-state index in [2.05, 4.69) is 10.4 Å². The minimum atomic E-state index is -4.88. The van der Waals surface area contributed by atoms with E-state index >= 15 is 0 Å². The van der Waals surface area contributed by atoms with Gasteiger partial charge in [0.2, 0.25) is 0 Å². The summed E-state index contributed by atoms with van der Waals surface area (Å²) in [5.41, 5.74) is -1.36. The summed E-state index contributed by atoms with van der Waals surface area (Å²) in [4.78, 5) is 37.9. The highest BCUT2D eigenvalue weighted by atomic mass is 19.4. The Balaban J connectivity index is 1.27. The van der Waals surface area contributed by atoms with Crippen molar-refractivity contribution in [3.8, 4) is 11.4 Å². The molecule has 0 atom stereocenters. The first kappa shape index (κ1) is 27.1. The highest BCUT2D eigenvalue weighted by Gasteiger charge is 2.39. The minimum absolute atomic E-state index is 0.00263. The molecule has 1 fully saturated rings. The SMILES string of the molecule is O=C(NCCCC(=O)C1CCC(C(=O)c2ccccc2)CC1)c1cn(-c2ccccc2O)nc1C(F)(F)F. The van der Waals surface area contributed by atoms with Crippen LogP contribution in [0.25, 0.3) is 5.69 Å². The second kappa shape index (κ2) is 11.6. The van der Waals surface area contributed by atoms with Crippen LogP contribution in [-0.4, -0.2) is 38.9 Å². The monoisotopic (exact) mass is 527 g/mol. The first-order valence-electron chi connectivity index (χ1n) is 12.5. The van der Waals surface area contributed by atoms with E-state index < -0.39 is 23.3 Å². The Morgan fingerprint density at radius 2 is 1.58 bits per heavy atom. The third kappa shape index (κ3) is 6.30. The van der Waals surface area contributed by atoms with Gasteiger partial charge in [0, 0.05) is 36.6 Å². The molecule has 1 aromatic heterocycles. The van der Waals surface area contributed by atoms with E-state index in [0.717, 1.165) is 10.9 Å². The smallest absolute Gasteiger partial charge is 0.435 e. The molecule has 10 heteroatoms. The summed E-state index contributed by atoms with van der Waals surface area (Å²) in [6, 6.07) is 14.8. The zero-order chi connectivity index (χ0) is 27.3. The van der Waals surface area contributed by atoms with E-state index in [9.17, 15) is 32.7 Å². The predicted octanol–water partition coefficient (Wildman–Crippen LogP) is 5.37. The zero-order valence-corrected chi connectivity index (χ0v) is 20.6. The van der Waals surface area contributed by atoms with Crippen molar-refractivity contribution in [2.75, 3.05) is 6.54 Å². The van der Waals surface area contributed by atoms with E-state index in [4.69, 9.17) is 0 Å². The number of halogens is 3. The van der Waals surface area contributed by atoms with Crippen LogP contribution in [0.15, 0.2) is 60.8 Å². The number of carbonyl (C=O) groups excluding carboxylic acids is 3. The highest BCUT2D eigenvalue weighted by Crippen LogP contribution is 2.33. The normalized spacial score (nSPS) is 17.7. The first-order valence-corrected chi connectivity index (χ1v) is 12.5. The van der Waals surface area contributed by atoms with Gasteiger partial charge in [-0.3, -0.25) is 14.4 Å². The predicted molar refractivity (Wildman–Crippen MR) is 133 cm³/mol. The molecule has 4 rings (SSSR count). The Morgan fingerprint density at radius 1 is 0.947 bits per heavy atom. The fourth-order valence-corrected chi connectivity index (χ4v) is 4.81. The van der Waals surface area contributed by atoms with Crippen LogP contribution < -0.4 is 5.32 Å². The molecule has 7 nitrogen and oxygen atoms in total. The van der Waals surface area contributed by atoms with E-state index in [1.165, 1.54) is 24.3 Å². The Hall–Kier alpha value is -3.95. The van der Waals surface area contributed by atoms with Gasteiger partial charge in [0.25, 0.3) is 5.91 Å². The number of carbonyl (C=O) groups is 3. The van der Waals surface area contributed by atoms with Crippen LogP contribution >= 0.6 is 0 Å². The molecule has 0 saturated heterocycles. The maximum atomic E-state index is 13.5. The van der Waals surface area contributed by atoms with Crippen molar-refractivity contribution in [1.29, 1.82) is 0 Å². The summed E-state index contributed by atoms with van der Waals surface area (Å²) >= 11 is 0. The number of phenols is 1. The standard InChI is InChI=1S/C28H28F3N3O4/c29-28(30,31)26-21(17-34(33-26)22-9-4-5-10-24(22)36)27(38)32-16-6-11-23(35)18-12-14-20(15-13-18)25(37)19-7-2-1-3-8-19/h1-5,7-10,17-18,20,36H,6,11-16H2,(H,32,38). The average molecular weight is 528 g/mol. The molecule has 200 valence electrons. The lowest BCUT2D eigenvalue weighted by atomic mass is 9.76. The zero-order valence-electron chi connectivity index (χ0n) is 20.6. The van der Waals surface area contributed by atoms with Gasteiger partial charge in [0.1, 0.15) is 17.2 Å². The third-order valence-electron chi connectivity index (χ3n) is 6.85. The number of rotatable bonds is 9. The van der Waals surface area contributed by atoms with E-state index in [1.807, 2.05) is 18.2 Å². The van der Waals surface area contributed by atoms with Crippen LogP contribution in [0.1, 0.15) is 64.9 Å². The molecule has 1 amide bonds. The molecule has 1 aliphatic carbocycles. The van der Waals surface area contributed by atoms with Crippen molar-refractivity contribution in [3.63, 3.8) is 0 Å². The van der Waals surface area contributed by atoms with Crippen molar-refractivity contribution in [2.24, 2.45) is 11.8 Å². The number of phenolic OH excluding ortho intramolecular Hbond substituents is 1. The van der Waals surface area contributed by atoms with Crippen LogP contribution in [0.5, 0.6) is 5.75 Å². The number of ketones is 2. The topological polar surface area (TPSA) is 101 Å². The first-order chi connectivity index (χ1) is 18.1. The van der Waals surface area contributed by atoms with Crippen LogP contribution in [0, 0.1) is 11.8 Å². The van der Waals surface area contributed by atoms with Gasteiger partial charge in [-0.05, 0) is 44.2 Å². The summed E-state index contributed by atoms with van der Waals surface area (Å²) in [5.74, 6) is -1.36. The van der Waals surface area contributed by atoms with Crippen LogP contribution in [0.2, 0.25) is 0 Å². The van der Waals surface area contributed by atoms with Gasteiger partial charge in [-0.1, -0.05) is 42.5 Å². The number of benzene rings is 2. The molecule has 38 heavy (non-hydrogen) atoms. The Kier molecular flexibility index (Phi) is 8.29. The number of nitrogens with zero attached hydrogens (tertiary/aromatic N) is 2. The lowest BCUT2D eigenvalue weighted by Crippen LogP contribution is -2.28. The maximum absolute atomic E-state index is 13.5. The molecular weight excluding hydrogens is 499 g/mol. The van der Waals surface area contributed by atoms with Gasteiger partial charge in [-0.2, -0.15) is 18.3 Å². The van der Waals surface area contributed by atoms with Crippen molar-refractivity contribution in [3.05, 3.63) is 77.6 Å². The number of hydrogen-bond acceptors (Lipinski definition) is 5. The van der Waals surface area contributed by atoms with Crippen molar-refractivity contribution < 1.29 is 32.7 Å². The van der Waals surface area contributed by atoms with Gasteiger partial charge >= 0.3 is 6.18 Å². The lowest BCUT2D eigenvalue weighted by molar-refractivity contribution is -0.141. The maximum Gasteiger partial charge on any atom is 0.435 e. The summed E-state index contributed by atoms with van der Waals surface area (Å²) < 4.78 is 41.4. The summed E-state index contributed by atoms with van der Waals surface area (Å²) in [6.45, 7) is 0.0193. The Morgan fingerprint density at radius 3 is 2.24 bits per heavy atom. The van der Waals surface area contributed by atoms with Gasteiger partial charge < -0.3 is 10.4 Å².